The number of amides is 2. The minimum absolute atomic E-state index is 0.0453. The molecule has 4 aromatic rings. The van der Waals surface area contributed by atoms with E-state index in [9.17, 15) is 9.59 Å². The van der Waals surface area contributed by atoms with Crippen molar-refractivity contribution in [2.75, 3.05) is 25.0 Å². The Labute approximate surface area is 274 Å². The lowest BCUT2D eigenvalue weighted by Gasteiger charge is -2.17. The molecule has 0 unspecified atom stereocenters. The molecule has 1 fully saturated rings. The van der Waals surface area contributed by atoms with Gasteiger partial charge in [-0.1, -0.05) is 68.1 Å². The number of anilines is 1. The van der Waals surface area contributed by atoms with Gasteiger partial charge in [0, 0.05) is 36.1 Å². The van der Waals surface area contributed by atoms with E-state index in [1.807, 2.05) is 41.3 Å². The standard InChI is InChI=1S/C35H39ClN6O4/c1-2-3-4-10-17-45-35(44)41-32(37)25-13-14-31(46-22-24-11-6-5-7-12-24)26(18-25)21-38-33-28-19-29(36)27(20-30(28)39-23-40-33)34(43)42-15-8-9-16-42/h5-7,11-14,18-20,23H,2-4,8-10,15-17,21-22H2,1H3,(H2,37,41,44)(H,38,39,40). The van der Waals surface area contributed by atoms with Gasteiger partial charge in [0.25, 0.3) is 5.91 Å². The monoisotopic (exact) mass is 642 g/mol. The molecule has 0 saturated carbocycles. The number of rotatable bonds is 13. The third-order valence-electron chi connectivity index (χ3n) is 7.82. The van der Waals surface area contributed by atoms with Crippen molar-refractivity contribution in [1.82, 2.24) is 14.9 Å². The molecule has 1 saturated heterocycles. The van der Waals surface area contributed by atoms with Crippen LogP contribution in [0.1, 0.15) is 72.5 Å². The number of amidine groups is 1. The molecule has 2 heterocycles. The van der Waals surface area contributed by atoms with Crippen LogP contribution in [0.15, 0.2) is 72.0 Å². The second-order valence-corrected chi connectivity index (χ2v) is 11.6. The Morgan fingerprint density at radius 1 is 1.02 bits per heavy atom. The topological polar surface area (TPSA) is 132 Å². The summed E-state index contributed by atoms with van der Waals surface area (Å²) >= 11 is 6.63. The van der Waals surface area contributed by atoms with E-state index < -0.39 is 6.09 Å². The zero-order chi connectivity index (χ0) is 32.3. The molecule has 2 amide bonds. The van der Waals surface area contributed by atoms with Gasteiger partial charge in [-0.05, 0) is 55.2 Å². The van der Waals surface area contributed by atoms with E-state index in [1.165, 1.54) is 6.33 Å². The second-order valence-electron chi connectivity index (χ2n) is 11.2. The van der Waals surface area contributed by atoms with Crippen LogP contribution in [0.3, 0.4) is 0 Å². The molecule has 3 aromatic carbocycles. The lowest BCUT2D eigenvalue weighted by molar-refractivity contribution is 0.0793. The number of fused-ring (bicyclic) bond motifs is 1. The SMILES string of the molecule is CCCCCCOC(=O)N=C(N)c1ccc(OCc2ccccc2)c(CNc2ncnc3cc(C(=O)N4CCCC4)c(Cl)cc23)c1. The number of carbonyl (C=O) groups excluding carboxylic acids is 2. The van der Waals surface area contributed by atoms with Crippen molar-refractivity contribution in [3.05, 3.63) is 94.3 Å². The Hall–Kier alpha value is -4.70. The highest BCUT2D eigenvalue weighted by Crippen LogP contribution is 2.30. The summed E-state index contributed by atoms with van der Waals surface area (Å²) in [5.74, 6) is 1.12. The third-order valence-corrected chi connectivity index (χ3v) is 8.14. The van der Waals surface area contributed by atoms with Crippen LogP contribution in [0.2, 0.25) is 5.02 Å². The van der Waals surface area contributed by atoms with Gasteiger partial charge < -0.3 is 25.4 Å². The molecule has 1 aliphatic heterocycles. The zero-order valence-corrected chi connectivity index (χ0v) is 26.8. The molecular weight excluding hydrogens is 604 g/mol. The summed E-state index contributed by atoms with van der Waals surface area (Å²) in [6, 6.07) is 18.7. The molecule has 0 aliphatic carbocycles. The molecule has 11 heteroatoms. The Kier molecular flexibility index (Phi) is 11.4. The summed E-state index contributed by atoms with van der Waals surface area (Å²) < 4.78 is 11.4. The molecule has 0 bridgehead atoms. The minimum atomic E-state index is -0.718. The number of nitrogens with zero attached hydrogens (tertiary/aromatic N) is 4. The molecule has 1 aliphatic rings. The maximum absolute atomic E-state index is 13.1. The fourth-order valence-electron chi connectivity index (χ4n) is 5.29. The molecule has 10 nitrogen and oxygen atoms in total. The molecule has 5 rings (SSSR count). The summed E-state index contributed by atoms with van der Waals surface area (Å²) in [5.41, 5.74) is 9.59. The third kappa shape index (κ3) is 8.51. The number of likely N-dealkylation sites (tertiary alicyclic amines) is 1. The van der Waals surface area contributed by atoms with Crippen LogP contribution in [-0.4, -0.2) is 52.4 Å². The van der Waals surface area contributed by atoms with Crippen molar-refractivity contribution in [2.24, 2.45) is 10.7 Å². The predicted molar refractivity (Wildman–Crippen MR) is 180 cm³/mol. The molecule has 46 heavy (non-hydrogen) atoms. The lowest BCUT2D eigenvalue weighted by Crippen LogP contribution is -2.27. The number of ether oxygens (including phenoxy) is 2. The molecular formula is C35H39ClN6O4. The Balaban J connectivity index is 1.36. The van der Waals surface area contributed by atoms with E-state index >= 15 is 0 Å². The number of benzene rings is 3. The van der Waals surface area contributed by atoms with Crippen LogP contribution in [0.25, 0.3) is 10.9 Å². The van der Waals surface area contributed by atoms with E-state index in [-0.39, 0.29) is 11.7 Å². The fourth-order valence-corrected chi connectivity index (χ4v) is 5.53. The van der Waals surface area contributed by atoms with Crippen LogP contribution >= 0.6 is 11.6 Å². The first-order chi connectivity index (χ1) is 22.4. The number of aliphatic imine (C=N–C) groups is 1. The number of halogens is 1. The van der Waals surface area contributed by atoms with Gasteiger partial charge in [0.1, 0.15) is 30.3 Å². The number of carbonyl (C=O) groups is 2. The van der Waals surface area contributed by atoms with Crippen molar-refractivity contribution < 1.29 is 19.1 Å². The van der Waals surface area contributed by atoms with Crippen molar-refractivity contribution >= 4 is 46.2 Å². The number of unbranched alkanes of at least 4 members (excludes halogenated alkanes) is 3. The average molecular weight is 643 g/mol. The second kappa shape index (κ2) is 16.0. The Morgan fingerprint density at radius 3 is 2.61 bits per heavy atom. The molecule has 3 N–H and O–H groups in total. The molecule has 240 valence electrons. The summed E-state index contributed by atoms with van der Waals surface area (Å²) in [5, 5.41) is 4.39. The van der Waals surface area contributed by atoms with Crippen LogP contribution in [-0.2, 0) is 17.9 Å². The zero-order valence-electron chi connectivity index (χ0n) is 26.0. The quantitative estimate of drug-likeness (QED) is 0.0894. The highest BCUT2D eigenvalue weighted by molar-refractivity contribution is 6.34. The van der Waals surface area contributed by atoms with Gasteiger partial charge in [-0.2, -0.15) is 4.99 Å². The first kappa shape index (κ1) is 32.7. The summed E-state index contributed by atoms with van der Waals surface area (Å²) in [6.45, 7) is 4.55. The van der Waals surface area contributed by atoms with E-state index in [1.54, 1.807) is 24.3 Å². The molecule has 0 atom stereocenters. The number of hydrogen-bond acceptors (Lipinski definition) is 7. The van der Waals surface area contributed by atoms with E-state index in [2.05, 4.69) is 27.2 Å². The Morgan fingerprint density at radius 2 is 1.83 bits per heavy atom. The van der Waals surface area contributed by atoms with Crippen molar-refractivity contribution in [2.45, 2.75) is 58.6 Å². The lowest BCUT2D eigenvalue weighted by atomic mass is 10.1. The van der Waals surface area contributed by atoms with E-state index in [0.29, 0.717) is 58.4 Å². The molecule has 0 spiro atoms. The first-order valence-corrected chi connectivity index (χ1v) is 16.1. The van der Waals surface area contributed by atoms with Crippen molar-refractivity contribution in [1.29, 1.82) is 0 Å². The number of nitrogens with two attached hydrogens (primary N) is 1. The van der Waals surface area contributed by atoms with Gasteiger partial charge in [-0.15, -0.1) is 0 Å². The first-order valence-electron chi connectivity index (χ1n) is 15.7. The van der Waals surface area contributed by atoms with Gasteiger partial charge >= 0.3 is 6.09 Å². The molecule has 0 radical (unpaired) electrons. The number of nitrogens with one attached hydrogen (secondary N) is 1. The largest absolute Gasteiger partial charge is 0.489 e. The summed E-state index contributed by atoms with van der Waals surface area (Å²) in [6.07, 6.45) is 6.69. The van der Waals surface area contributed by atoms with Crippen molar-refractivity contribution in [3.63, 3.8) is 0 Å². The van der Waals surface area contributed by atoms with Crippen molar-refractivity contribution in [3.8, 4) is 5.75 Å². The highest BCUT2D eigenvalue weighted by Gasteiger charge is 2.23. The summed E-state index contributed by atoms with van der Waals surface area (Å²) in [4.78, 5) is 40.0. The van der Waals surface area contributed by atoms with Gasteiger partial charge in [-0.3, -0.25) is 4.79 Å². The summed E-state index contributed by atoms with van der Waals surface area (Å²) in [7, 11) is 0. The number of hydrogen-bond donors (Lipinski definition) is 2. The van der Waals surface area contributed by atoms with Crippen LogP contribution in [0, 0.1) is 0 Å². The fraction of sp³-hybridized carbons (Fsp3) is 0.343. The Bertz CT molecular complexity index is 1690. The van der Waals surface area contributed by atoms with Crippen LogP contribution in [0.5, 0.6) is 5.75 Å². The van der Waals surface area contributed by atoms with Gasteiger partial charge in [0.2, 0.25) is 0 Å². The molecule has 1 aromatic heterocycles. The smallest absolute Gasteiger partial charge is 0.435 e. The maximum Gasteiger partial charge on any atom is 0.435 e. The normalized spacial score (nSPS) is 13.2. The van der Waals surface area contributed by atoms with Crippen LogP contribution < -0.4 is 15.8 Å². The average Bonchev–Trinajstić information content (AvgIpc) is 3.62. The predicted octanol–water partition coefficient (Wildman–Crippen LogP) is 7.13. The van der Waals surface area contributed by atoms with Gasteiger partial charge in [-0.25, -0.2) is 14.8 Å². The minimum Gasteiger partial charge on any atom is -0.489 e. The van der Waals surface area contributed by atoms with Gasteiger partial charge in [0.05, 0.1) is 22.7 Å². The van der Waals surface area contributed by atoms with E-state index in [0.717, 1.165) is 62.7 Å². The van der Waals surface area contributed by atoms with Crippen LogP contribution in [0.4, 0.5) is 10.6 Å². The number of aromatic nitrogens is 2. The highest BCUT2D eigenvalue weighted by atomic mass is 35.5. The van der Waals surface area contributed by atoms with E-state index in [4.69, 9.17) is 26.8 Å². The maximum atomic E-state index is 13.1. The van der Waals surface area contributed by atoms with Gasteiger partial charge in [0.15, 0.2) is 0 Å².